The van der Waals surface area contributed by atoms with Crippen molar-refractivity contribution in [1.82, 2.24) is 0 Å². The zero-order chi connectivity index (χ0) is 10.1. The van der Waals surface area contributed by atoms with Crippen molar-refractivity contribution in [3.05, 3.63) is 35.9 Å². The van der Waals surface area contributed by atoms with Gasteiger partial charge < -0.3 is 10.2 Å². The summed E-state index contributed by atoms with van der Waals surface area (Å²) in [6.07, 6.45) is 0. The molecule has 2 heteroatoms. The van der Waals surface area contributed by atoms with Gasteiger partial charge in [-0.15, -0.1) is 0 Å². The summed E-state index contributed by atoms with van der Waals surface area (Å²) in [5.74, 6) is 0. The first-order valence-electron chi connectivity index (χ1n) is 4.36. The third-order valence-corrected chi connectivity index (χ3v) is 2.53. The van der Waals surface area contributed by atoms with Gasteiger partial charge in [-0.3, -0.25) is 0 Å². The third kappa shape index (κ3) is 1.90. The van der Waals surface area contributed by atoms with E-state index in [1.807, 2.05) is 18.2 Å². The van der Waals surface area contributed by atoms with E-state index in [4.69, 9.17) is 0 Å². The Balaban J connectivity index is 3.08. The molecule has 0 saturated heterocycles. The summed E-state index contributed by atoms with van der Waals surface area (Å²) in [5.41, 5.74) is -1.63. The van der Waals surface area contributed by atoms with E-state index in [-0.39, 0.29) is 0 Å². The molecular formula is C11H16O2. The Morgan fingerprint density at radius 1 is 0.923 bits per heavy atom. The SMILES string of the molecule is CC(C)(O)[C@](C)(O)c1ccccc1. The first-order chi connectivity index (χ1) is 5.86. The van der Waals surface area contributed by atoms with Crippen LogP contribution in [0.4, 0.5) is 0 Å². The quantitative estimate of drug-likeness (QED) is 0.726. The summed E-state index contributed by atoms with van der Waals surface area (Å²) in [6.45, 7) is 4.81. The second-order valence-corrected chi connectivity index (χ2v) is 4.00. The number of hydrogen-bond acceptors (Lipinski definition) is 2. The zero-order valence-electron chi connectivity index (χ0n) is 8.28. The predicted octanol–water partition coefficient (Wildman–Crippen LogP) is 1.66. The van der Waals surface area contributed by atoms with Crippen LogP contribution in [0.2, 0.25) is 0 Å². The lowest BCUT2D eigenvalue weighted by Crippen LogP contribution is -2.44. The minimum atomic E-state index is -1.21. The molecule has 13 heavy (non-hydrogen) atoms. The van der Waals surface area contributed by atoms with E-state index in [9.17, 15) is 10.2 Å². The van der Waals surface area contributed by atoms with Gasteiger partial charge in [-0.25, -0.2) is 0 Å². The second kappa shape index (κ2) is 3.13. The first-order valence-corrected chi connectivity index (χ1v) is 4.36. The van der Waals surface area contributed by atoms with Crippen molar-refractivity contribution in [1.29, 1.82) is 0 Å². The van der Waals surface area contributed by atoms with E-state index in [0.29, 0.717) is 0 Å². The van der Waals surface area contributed by atoms with Crippen molar-refractivity contribution in [2.45, 2.75) is 32.0 Å². The van der Waals surface area contributed by atoms with E-state index in [1.165, 1.54) is 0 Å². The van der Waals surface area contributed by atoms with Gasteiger partial charge in [-0.05, 0) is 26.3 Å². The largest absolute Gasteiger partial charge is 0.387 e. The van der Waals surface area contributed by atoms with Crippen LogP contribution in [-0.4, -0.2) is 15.8 Å². The maximum absolute atomic E-state index is 10.1. The minimum absolute atomic E-state index is 0.725. The first kappa shape index (κ1) is 10.2. The molecule has 0 unspecified atom stereocenters. The van der Waals surface area contributed by atoms with Crippen LogP contribution in [0.25, 0.3) is 0 Å². The van der Waals surface area contributed by atoms with Crippen molar-refractivity contribution < 1.29 is 10.2 Å². The van der Waals surface area contributed by atoms with E-state index in [2.05, 4.69) is 0 Å². The predicted molar refractivity (Wildman–Crippen MR) is 52.3 cm³/mol. The zero-order valence-corrected chi connectivity index (χ0v) is 8.28. The van der Waals surface area contributed by atoms with Crippen molar-refractivity contribution in [2.24, 2.45) is 0 Å². The monoisotopic (exact) mass is 180 g/mol. The molecule has 0 saturated carbocycles. The fourth-order valence-electron chi connectivity index (χ4n) is 1.12. The molecule has 0 aromatic heterocycles. The fraction of sp³-hybridized carbons (Fsp3) is 0.455. The van der Waals surface area contributed by atoms with Crippen LogP contribution in [-0.2, 0) is 5.60 Å². The second-order valence-electron chi connectivity index (χ2n) is 4.00. The molecule has 1 aromatic rings. The number of benzene rings is 1. The lowest BCUT2D eigenvalue weighted by atomic mass is 9.82. The molecule has 2 N–H and O–H groups in total. The highest BCUT2D eigenvalue weighted by Gasteiger charge is 2.38. The van der Waals surface area contributed by atoms with Gasteiger partial charge in [-0.1, -0.05) is 30.3 Å². The van der Waals surface area contributed by atoms with Gasteiger partial charge in [0.1, 0.15) is 5.60 Å². The van der Waals surface area contributed by atoms with Crippen LogP contribution in [0.15, 0.2) is 30.3 Å². The molecule has 0 aliphatic carbocycles. The molecule has 0 spiro atoms. The summed E-state index contributed by atoms with van der Waals surface area (Å²) >= 11 is 0. The van der Waals surface area contributed by atoms with Crippen LogP contribution in [0.3, 0.4) is 0 Å². The van der Waals surface area contributed by atoms with E-state index in [1.54, 1.807) is 32.9 Å². The van der Waals surface area contributed by atoms with Crippen molar-refractivity contribution >= 4 is 0 Å². The van der Waals surface area contributed by atoms with Gasteiger partial charge in [0.25, 0.3) is 0 Å². The molecule has 0 radical (unpaired) electrons. The molecule has 0 amide bonds. The maximum Gasteiger partial charge on any atom is 0.115 e. The highest BCUT2D eigenvalue weighted by Crippen LogP contribution is 2.31. The molecule has 1 aromatic carbocycles. The molecular weight excluding hydrogens is 164 g/mol. The summed E-state index contributed by atoms with van der Waals surface area (Å²) < 4.78 is 0. The molecule has 0 fully saturated rings. The van der Waals surface area contributed by atoms with Gasteiger partial charge in [0.2, 0.25) is 0 Å². The Bertz CT molecular complexity index is 270. The standard InChI is InChI=1S/C11H16O2/c1-10(2,12)11(3,13)9-7-5-4-6-8-9/h4-8,12-13H,1-3H3/t11-/m1/s1. The average molecular weight is 180 g/mol. The normalized spacial score (nSPS) is 16.7. The van der Waals surface area contributed by atoms with Crippen molar-refractivity contribution in [2.75, 3.05) is 0 Å². The smallest absolute Gasteiger partial charge is 0.115 e. The van der Waals surface area contributed by atoms with Crippen LogP contribution in [0.5, 0.6) is 0 Å². The molecule has 0 aliphatic heterocycles. The van der Waals surface area contributed by atoms with Gasteiger partial charge >= 0.3 is 0 Å². The highest BCUT2D eigenvalue weighted by atomic mass is 16.4. The Labute approximate surface area is 78.8 Å². The van der Waals surface area contributed by atoms with Gasteiger partial charge in [0.05, 0.1) is 5.60 Å². The lowest BCUT2D eigenvalue weighted by Gasteiger charge is -2.35. The topological polar surface area (TPSA) is 40.5 Å². The lowest BCUT2D eigenvalue weighted by molar-refractivity contribution is -0.125. The van der Waals surface area contributed by atoms with Crippen LogP contribution < -0.4 is 0 Å². The Morgan fingerprint density at radius 3 is 1.77 bits per heavy atom. The van der Waals surface area contributed by atoms with Crippen LogP contribution >= 0.6 is 0 Å². The average Bonchev–Trinajstić information content (AvgIpc) is 2.04. The summed E-state index contributed by atoms with van der Waals surface area (Å²) in [4.78, 5) is 0. The summed E-state index contributed by atoms with van der Waals surface area (Å²) in [6, 6.07) is 9.17. The fourth-order valence-corrected chi connectivity index (χ4v) is 1.12. The molecule has 1 atom stereocenters. The van der Waals surface area contributed by atoms with Crippen LogP contribution in [0, 0.1) is 0 Å². The molecule has 0 bridgehead atoms. The van der Waals surface area contributed by atoms with Gasteiger partial charge in [-0.2, -0.15) is 0 Å². The molecule has 1 rings (SSSR count). The van der Waals surface area contributed by atoms with E-state index in [0.717, 1.165) is 5.56 Å². The maximum atomic E-state index is 10.1. The highest BCUT2D eigenvalue weighted by molar-refractivity contribution is 5.24. The Hall–Kier alpha value is -0.860. The third-order valence-electron chi connectivity index (χ3n) is 2.53. The molecule has 0 aliphatic rings. The number of rotatable bonds is 2. The van der Waals surface area contributed by atoms with E-state index >= 15 is 0 Å². The molecule has 2 nitrogen and oxygen atoms in total. The summed E-state index contributed by atoms with van der Waals surface area (Å²) in [7, 11) is 0. The van der Waals surface area contributed by atoms with E-state index < -0.39 is 11.2 Å². The Morgan fingerprint density at radius 2 is 1.38 bits per heavy atom. The van der Waals surface area contributed by atoms with Gasteiger partial charge in [0, 0.05) is 0 Å². The molecule has 72 valence electrons. The number of aliphatic hydroxyl groups is 2. The van der Waals surface area contributed by atoms with Crippen molar-refractivity contribution in [3.63, 3.8) is 0 Å². The van der Waals surface area contributed by atoms with Gasteiger partial charge in [0.15, 0.2) is 0 Å². The van der Waals surface area contributed by atoms with Crippen molar-refractivity contribution in [3.8, 4) is 0 Å². The molecule has 0 heterocycles. The van der Waals surface area contributed by atoms with Crippen LogP contribution in [0.1, 0.15) is 26.3 Å². The summed E-state index contributed by atoms with van der Waals surface area (Å²) in [5, 5.41) is 19.8. The number of hydrogen-bond donors (Lipinski definition) is 2. The minimum Gasteiger partial charge on any atom is -0.387 e. The Kier molecular flexibility index (Phi) is 2.46.